The smallest absolute Gasteiger partial charge is 0.237 e. The summed E-state index contributed by atoms with van der Waals surface area (Å²) < 4.78 is 2.95. The number of carbonyl (C=O) groups excluding carboxylic acids is 1. The van der Waals surface area contributed by atoms with Crippen LogP contribution < -0.4 is 5.32 Å². The summed E-state index contributed by atoms with van der Waals surface area (Å²) in [5.74, 6) is -0.0418. The minimum absolute atomic E-state index is 0.0418. The van der Waals surface area contributed by atoms with E-state index in [0.29, 0.717) is 6.04 Å². The molecule has 0 radical (unpaired) electrons. The van der Waals surface area contributed by atoms with Gasteiger partial charge in [0, 0.05) is 10.5 Å². The standard InChI is InChI=1S/C15H17BrN4OS/c1-9-3-6-13(12(16)7-9)18-14(21)10(2)22-15-19-17-8-20(15)11-4-5-11/h3,6-8,10-11H,4-5H2,1-2H3,(H,18,21). The number of carbonyl (C=O) groups is 1. The van der Waals surface area contributed by atoms with Crippen LogP contribution in [0, 0.1) is 6.92 Å². The molecule has 1 aromatic carbocycles. The number of hydrogen-bond acceptors (Lipinski definition) is 4. The first-order valence-corrected chi connectivity index (χ1v) is 8.85. The normalized spacial score (nSPS) is 15.6. The maximum atomic E-state index is 12.4. The number of aromatic nitrogens is 3. The molecule has 1 unspecified atom stereocenters. The van der Waals surface area contributed by atoms with Gasteiger partial charge in [0.2, 0.25) is 5.91 Å². The summed E-state index contributed by atoms with van der Waals surface area (Å²) in [5, 5.41) is 11.6. The Morgan fingerprint density at radius 2 is 2.27 bits per heavy atom. The molecule has 5 nitrogen and oxygen atoms in total. The second-order valence-electron chi connectivity index (χ2n) is 5.48. The lowest BCUT2D eigenvalue weighted by atomic mass is 10.2. The molecule has 3 rings (SSSR count). The summed E-state index contributed by atoms with van der Waals surface area (Å²) in [7, 11) is 0. The molecule has 0 spiro atoms. The van der Waals surface area contributed by atoms with Crippen LogP contribution in [0.5, 0.6) is 0 Å². The number of nitrogens with zero attached hydrogens (tertiary/aromatic N) is 3. The molecule has 1 atom stereocenters. The summed E-state index contributed by atoms with van der Waals surface area (Å²) in [6.45, 7) is 3.90. The van der Waals surface area contributed by atoms with Crippen molar-refractivity contribution in [3.8, 4) is 0 Å². The van der Waals surface area contributed by atoms with E-state index in [9.17, 15) is 4.79 Å². The van der Waals surface area contributed by atoms with Crippen LogP contribution in [0.25, 0.3) is 0 Å². The van der Waals surface area contributed by atoms with Gasteiger partial charge in [-0.3, -0.25) is 4.79 Å². The molecule has 1 aliphatic carbocycles. The predicted molar refractivity (Wildman–Crippen MR) is 91.1 cm³/mol. The van der Waals surface area contributed by atoms with Crippen LogP contribution in [0.3, 0.4) is 0 Å². The van der Waals surface area contributed by atoms with Crippen molar-refractivity contribution in [1.29, 1.82) is 0 Å². The molecule has 0 saturated heterocycles. The second-order valence-corrected chi connectivity index (χ2v) is 7.65. The number of hydrogen-bond donors (Lipinski definition) is 1. The Morgan fingerprint density at radius 1 is 1.50 bits per heavy atom. The van der Waals surface area contributed by atoms with Gasteiger partial charge in [0.15, 0.2) is 5.16 Å². The van der Waals surface area contributed by atoms with Gasteiger partial charge in [-0.05, 0) is 60.3 Å². The topological polar surface area (TPSA) is 59.8 Å². The van der Waals surface area contributed by atoms with Gasteiger partial charge in [0.25, 0.3) is 0 Å². The molecule has 0 bridgehead atoms. The Balaban J connectivity index is 1.65. The van der Waals surface area contributed by atoms with Crippen LogP contribution in [-0.4, -0.2) is 25.9 Å². The summed E-state index contributed by atoms with van der Waals surface area (Å²) in [4.78, 5) is 12.4. The van der Waals surface area contributed by atoms with Crippen LogP contribution in [0.2, 0.25) is 0 Å². The number of aryl methyl sites for hydroxylation is 1. The number of thioether (sulfide) groups is 1. The largest absolute Gasteiger partial charge is 0.324 e. The van der Waals surface area contributed by atoms with Crippen molar-refractivity contribution in [3.63, 3.8) is 0 Å². The molecule has 1 amide bonds. The highest BCUT2D eigenvalue weighted by atomic mass is 79.9. The minimum Gasteiger partial charge on any atom is -0.324 e. The zero-order valence-corrected chi connectivity index (χ0v) is 14.8. The Labute approximate surface area is 142 Å². The van der Waals surface area contributed by atoms with Crippen LogP contribution in [0.15, 0.2) is 34.2 Å². The molecule has 2 aromatic rings. The fourth-order valence-corrected chi connectivity index (χ4v) is 3.57. The molecule has 1 saturated carbocycles. The zero-order valence-electron chi connectivity index (χ0n) is 12.4. The van der Waals surface area contributed by atoms with E-state index in [0.717, 1.165) is 20.9 Å². The molecule has 1 aromatic heterocycles. The lowest BCUT2D eigenvalue weighted by Gasteiger charge is -2.13. The summed E-state index contributed by atoms with van der Waals surface area (Å²) >= 11 is 4.92. The highest BCUT2D eigenvalue weighted by Crippen LogP contribution is 2.38. The summed E-state index contributed by atoms with van der Waals surface area (Å²) in [6.07, 6.45) is 4.09. The van der Waals surface area contributed by atoms with E-state index in [1.165, 1.54) is 24.6 Å². The van der Waals surface area contributed by atoms with Gasteiger partial charge in [-0.1, -0.05) is 17.8 Å². The van der Waals surface area contributed by atoms with Crippen molar-refractivity contribution in [1.82, 2.24) is 14.8 Å². The van der Waals surface area contributed by atoms with E-state index in [2.05, 4.69) is 36.0 Å². The van der Waals surface area contributed by atoms with Crippen LogP contribution in [0.4, 0.5) is 5.69 Å². The third kappa shape index (κ3) is 3.52. The molecule has 1 heterocycles. The van der Waals surface area contributed by atoms with Crippen molar-refractivity contribution < 1.29 is 4.79 Å². The van der Waals surface area contributed by atoms with Crippen molar-refractivity contribution >= 4 is 39.3 Å². The van der Waals surface area contributed by atoms with E-state index in [4.69, 9.17) is 0 Å². The molecular formula is C15H17BrN4OS. The Kier molecular flexibility index (Phi) is 4.54. The lowest BCUT2D eigenvalue weighted by Crippen LogP contribution is -2.23. The number of halogens is 1. The van der Waals surface area contributed by atoms with Crippen LogP contribution in [-0.2, 0) is 4.79 Å². The number of rotatable bonds is 5. The first kappa shape index (κ1) is 15.6. The number of benzene rings is 1. The highest BCUT2D eigenvalue weighted by Gasteiger charge is 2.28. The minimum atomic E-state index is -0.241. The molecule has 7 heteroatoms. The van der Waals surface area contributed by atoms with Gasteiger partial charge >= 0.3 is 0 Å². The average molecular weight is 381 g/mol. The van der Waals surface area contributed by atoms with Gasteiger partial charge in [0.05, 0.1) is 10.9 Å². The van der Waals surface area contributed by atoms with Crippen molar-refractivity contribution in [3.05, 3.63) is 34.6 Å². The van der Waals surface area contributed by atoms with Crippen molar-refractivity contribution in [2.45, 2.75) is 43.1 Å². The van der Waals surface area contributed by atoms with E-state index < -0.39 is 0 Å². The van der Waals surface area contributed by atoms with Crippen molar-refractivity contribution in [2.75, 3.05) is 5.32 Å². The maximum absolute atomic E-state index is 12.4. The third-order valence-electron chi connectivity index (χ3n) is 3.51. The van der Waals surface area contributed by atoms with E-state index in [1.807, 2.05) is 32.0 Å². The number of anilines is 1. The Hall–Kier alpha value is -1.34. The van der Waals surface area contributed by atoms with Crippen LogP contribution >= 0.6 is 27.7 Å². The molecule has 1 fully saturated rings. The molecular weight excluding hydrogens is 364 g/mol. The Morgan fingerprint density at radius 3 is 2.95 bits per heavy atom. The first-order valence-electron chi connectivity index (χ1n) is 7.18. The second kappa shape index (κ2) is 6.42. The quantitative estimate of drug-likeness (QED) is 0.801. The SMILES string of the molecule is Cc1ccc(NC(=O)C(C)Sc2nncn2C2CC2)c(Br)c1. The summed E-state index contributed by atoms with van der Waals surface area (Å²) in [6, 6.07) is 6.37. The Bertz CT molecular complexity index is 699. The number of amides is 1. The first-order chi connectivity index (χ1) is 10.5. The third-order valence-corrected chi connectivity index (χ3v) is 5.24. The van der Waals surface area contributed by atoms with Gasteiger partial charge < -0.3 is 9.88 Å². The van der Waals surface area contributed by atoms with Crippen LogP contribution in [0.1, 0.15) is 31.4 Å². The summed E-state index contributed by atoms with van der Waals surface area (Å²) in [5.41, 5.74) is 1.93. The molecule has 22 heavy (non-hydrogen) atoms. The molecule has 1 N–H and O–H groups in total. The van der Waals surface area contributed by atoms with Gasteiger partial charge in [-0.25, -0.2) is 0 Å². The lowest BCUT2D eigenvalue weighted by molar-refractivity contribution is -0.115. The van der Waals surface area contributed by atoms with Gasteiger partial charge in [-0.15, -0.1) is 10.2 Å². The maximum Gasteiger partial charge on any atom is 0.237 e. The van der Waals surface area contributed by atoms with E-state index in [-0.39, 0.29) is 11.2 Å². The predicted octanol–water partition coefficient (Wildman–Crippen LogP) is 3.80. The molecule has 0 aliphatic heterocycles. The van der Waals surface area contributed by atoms with Crippen molar-refractivity contribution in [2.24, 2.45) is 0 Å². The van der Waals surface area contributed by atoms with Gasteiger partial charge in [0.1, 0.15) is 6.33 Å². The average Bonchev–Trinajstić information content (AvgIpc) is 3.22. The fraction of sp³-hybridized carbons (Fsp3) is 0.400. The van der Waals surface area contributed by atoms with E-state index in [1.54, 1.807) is 6.33 Å². The fourth-order valence-electron chi connectivity index (χ4n) is 2.09. The zero-order chi connectivity index (χ0) is 15.7. The molecule has 1 aliphatic rings. The number of nitrogens with one attached hydrogen (secondary N) is 1. The van der Waals surface area contributed by atoms with E-state index >= 15 is 0 Å². The highest BCUT2D eigenvalue weighted by molar-refractivity contribution is 9.10. The molecule has 116 valence electrons. The van der Waals surface area contributed by atoms with Gasteiger partial charge in [-0.2, -0.15) is 0 Å². The monoisotopic (exact) mass is 380 g/mol.